The maximum Gasteiger partial charge on any atom is 0.253 e. The topological polar surface area (TPSA) is 73.0 Å². The number of nitrogens with zero attached hydrogens (tertiary/aromatic N) is 3. The Hall–Kier alpha value is -2.89. The zero-order valence-corrected chi connectivity index (χ0v) is 15.2. The van der Waals surface area contributed by atoms with Gasteiger partial charge in [-0.05, 0) is 57.9 Å². The molecule has 0 aliphatic heterocycles. The first-order chi connectivity index (χ1) is 12.5. The third kappa shape index (κ3) is 3.14. The molecule has 1 amide bonds. The molecule has 26 heavy (non-hydrogen) atoms. The van der Waals surface area contributed by atoms with E-state index in [-0.39, 0.29) is 12.5 Å². The molecule has 6 heteroatoms. The number of benzene rings is 1. The van der Waals surface area contributed by atoms with Crippen molar-refractivity contribution in [3.8, 4) is 5.69 Å². The molecule has 134 valence electrons. The van der Waals surface area contributed by atoms with E-state index < -0.39 is 0 Å². The summed E-state index contributed by atoms with van der Waals surface area (Å²) in [6, 6.07) is 10.0. The van der Waals surface area contributed by atoms with Gasteiger partial charge < -0.3 is 14.4 Å². The summed E-state index contributed by atoms with van der Waals surface area (Å²) < 4.78 is 7.33. The SMILES string of the molecule is Cc1ccc(-n2c(C)ccc2C)c(C(=O)NCc2nc(C3CC3)no2)c1. The second kappa shape index (κ2) is 6.44. The maximum atomic E-state index is 12.8. The van der Waals surface area contributed by atoms with Crippen molar-refractivity contribution in [2.45, 2.75) is 46.1 Å². The van der Waals surface area contributed by atoms with Crippen LogP contribution in [-0.4, -0.2) is 20.6 Å². The van der Waals surface area contributed by atoms with E-state index in [1.54, 1.807) is 0 Å². The van der Waals surface area contributed by atoms with Gasteiger partial charge in [-0.25, -0.2) is 0 Å². The normalized spacial score (nSPS) is 13.8. The van der Waals surface area contributed by atoms with Gasteiger partial charge in [0.2, 0.25) is 5.89 Å². The highest BCUT2D eigenvalue weighted by atomic mass is 16.5. The van der Waals surface area contributed by atoms with E-state index in [4.69, 9.17) is 4.52 Å². The molecule has 1 fully saturated rings. The highest BCUT2D eigenvalue weighted by Gasteiger charge is 2.28. The zero-order valence-electron chi connectivity index (χ0n) is 15.2. The van der Waals surface area contributed by atoms with Crippen LogP contribution in [0.5, 0.6) is 0 Å². The van der Waals surface area contributed by atoms with Gasteiger partial charge in [0, 0.05) is 17.3 Å². The molecule has 2 aromatic heterocycles. The number of aromatic nitrogens is 3. The van der Waals surface area contributed by atoms with Crippen molar-refractivity contribution in [1.82, 2.24) is 20.0 Å². The quantitative estimate of drug-likeness (QED) is 0.763. The maximum absolute atomic E-state index is 12.8. The molecular formula is C20H22N4O2. The Kier molecular flexibility index (Phi) is 4.11. The highest BCUT2D eigenvalue weighted by molar-refractivity contribution is 5.98. The average molecular weight is 350 g/mol. The molecule has 1 N–H and O–H groups in total. The Bertz CT molecular complexity index is 947. The minimum Gasteiger partial charge on any atom is -0.343 e. The predicted octanol–water partition coefficient (Wildman–Crippen LogP) is 3.59. The van der Waals surface area contributed by atoms with E-state index >= 15 is 0 Å². The summed E-state index contributed by atoms with van der Waals surface area (Å²) in [6.45, 7) is 6.28. The standard InChI is InChI=1S/C20H22N4O2/c1-12-4-9-17(24-13(2)5-6-14(24)3)16(10-12)20(25)21-11-18-22-19(23-26-18)15-7-8-15/h4-6,9-10,15H,7-8,11H2,1-3H3,(H,21,25). The molecule has 1 saturated carbocycles. The molecule has 2 heterocycles. The molecule has 0 unspecified atom stereocenters. The molecular weight excluding hydrogens is 328 g/mol. The summed E-state index contributed by atoms with van der Waals surface area (Å²) in [7, 11) is 0. The summed E-state index contributed by atoms with van der Waals surface area (Å²) in [5.41, 5.74) is 4.72. The van der Waals surface area contributed by atoms with Gasteiger partial charge in [-0.2, -0.15) is 4.98 Å². The van der Waals surface area contributed by atoms with Crippen LogP contribution < -0.4 is 5.32 Å². The van der Waals surface area contributed by atoms with Crippen molar-refractivity contribution in [2.24, 2.45) is 0 Å². The second-order valence-electron chi connectivity index (χ2n) is 6.98. The predicted molar refractivity (Wildman–Crippen MR) is 97.4 cm³/mol. The first-order valence-electron chi connectivity index (χ1n) is 8.89. The van der Waals surface area contributed by atoms with Crippen LogP contribution in [-0.2, 0) is 6.54 Å². The summed E-state index contributed by atoms with van der Waals surface area (Å²) in [6.07, 6.45) is 2.24. The number of aryl methyl sites for hydroxylation is 3. The lowest BCUT2D eigenvalue weighted by molar-refractivity contribution is 0.0946. The number of hydrogen-bond donors (Lipinski definition) is 1. The van der Waals surface area contributed by atoms with Crippen molar-refractivity contribution in [3.63, 3.8) is 0 Å². The number of nitrogens with one attached hydrogen (secondary N) is 1. The first-order valence-corrected chi connectivity index (χ1v) is 8.89. The first kappa shape index (κ1) is 16.6. The third-order valence-electron chi connectivity index (χ3n) is 4.74. The van der Waals surface area contributed by atoms with E-state index in [1.165, 1.54) is 0 Å². The van der Waals surface area contributed by atoms with Gasteiger partial charge in [0.05, 0.1) is 17.8 Å². The molecule has 6 nitrogen and oxygen atoms in total. The molecule has 1 aromatic carbocycles. The molecule has 0 atom stereocenters. The fourth-order valence-electron chi connectivity index (χ4n) is 3.17. The Morgan fingerprint density at radius 1 is 1.19 bits per heavy atom. The van der Waals surface area contributed by atoms with Gasteiger partial charge in [0.15, 0.2) is 5.82 Å². The Morgan fingerprint density at radius 3 is 2.62 bits per heavy atom. The molecule has 0 saturated heterocycles. The van der Waals surface area contributed by atoms with Crippen LogP contribution in [0.15, 0.2) is 34.9 Å². The number of hydrogen-bond acceptors (Lipinski definition) is 4. The van der Waals surface area contributed by atoms with Crippen molar-refractivity contribution in [1.29, 1.82) is 0 Å². The van der Waals surface area contributed by atoms with Crippen LogP contribution in [0.4, 0.5) is 0 Å². The lowest BCUT2D eigenvalue weighted by Crippen LogP contribution is -2.25. The van der Waals surface area contributed by atoms with Crippen LogP contribution in [0.2, 0.25) is 0 Å². The summed E-state index contributed by atoms with van der Waals surface area (Å²) in [5.74, 6) is 1.49. The number of amides is 1. The average Bonchev–Trinajstić information content (AvgIpc) is 3.28. The summed E-state index contributed by atoms with van der Waals surface area (Å²) in [5, 5.41) is 6.89. The minimum absolute atomic E-state index is 0.151. The van der Waals surface area contributed by atoms with E-state index in [2.05, 4.69) is 32.2 Å². The molecule has 0 spiro atoms. The molecule has 1 aliphatic carbocycles. The lowest BCUT2D eigenvalue weighted by atomic mass is 10.1. The van der Waals surface area contributed by atoms with Crippen LogP contribution in [0, 0.1) is 20.8 Å². The van der Waals surface area contributed by atoms with E-state index in [0.29, 0.717) is 17.4 Å². The van der Waals surface area contributed by atoms with Crippen LogP contribution in [0.1, 0.15) is 57.8 Å². The fraction of sp³-hybridized carbons (Fsp3) is 0.350. The van der Waals surface area contributed by atoms with Gasteiger partial charge in [0.1, 0.15) is 0 Å². The molecule has 0 bridgehead atoms. The van der Waals surface area contributed by atoms with Crippen molar-refractivity contribution in [2.75, 3.05) is 0 Å². The van der Waals surface area contributed by atoms with Crippen LogP contribution in [0.3, 0.4) is 0 Å². The molecule has 0 radical (unpaired) electrons. The molecule has 1 aliphatic rings. The fourth-order valence-corrected chi connectivity index (χ4v) is 3.17. The van der Waals surface area contributed by atoms with Crippen molar-refractivity contribution < 1.29 is 9.32 Å². The van der Waals surface area contributed by atoms with Crippen molar-refractivity contribution in [3.05, 3.63) is 64.6 Å². The van der Waals surface area contributed by atoms with Gasteiger partial charge in [0.25, 0.3) is 5.91 Å². The molecule has 4 rings (SSSR count). The van der Waals surface area contributed by atoms with Crippen LogP contribution in [0.25, 0.3) is 5.69 Å². The minimum atomic E-state index is -0.151. The Morgan fingerprint density at radius 2 is 1.92 bits per heavy atom. The third-order valence-corrected chi connectivity index (χ3v) is 4.74. The Balaban J connectivity index is 1.57. The van der Waals surface area contributed by atoms with Gasteiger partial charge in [-0.1, -0.05) is 16.8 Å². The van der Waals surface area contributed by atoms with Gasteiger partial charge in [-0.3, -0.25) is 4.79 Å². The van der Waals surface area contributed by atoms with Crippen LogP contribution >= 0.6 is 0 Å². The van der Waals surface area contributed by atoms with E-state index in [0.717, 1.165) is 41.3 Å². The second-order valence-corrected chi connectivity index (χ2v) is 6.98. The van der Waals surface area contributed by atoms with Gasteiger partial charge in [-0.15, -0.1) is 0 Å². The van der Waals surface area contributed by atoms with Gasteiger partial charge >= 0.3 is 0 Å². The molecule has 3 aromatic rings. The summed E-state index contributed by atoms with van der Waals surface area (Å²) in [4.78, 5) is 17.2. The number of carbonyl (C=O) groups excluding carboxylic acids is 1. The van der Waals surface area contributed by atoms with Crippen molar-refractivity contribution >= 4 is 5.91 Å². The monoisotopic (exact) mass is 350 g/mol. The summed E-state index contributed by atoms with van der Waals surface area (Å²) >= 11 is 0. The number of rotatable bonds is 5. The highest BCUT2D eigenvalue weighted by Crippen LogP contribution is 2.38. The largest absolute Gasteiger partial charge is 0.343 e. The smallest absolute Gasteiger partial charge is 0.253 e. The van der Waals surface area contributed by atoms with E-state index in [9.17, 15) is 4.79 Å². The van der Waals surface area contributed by atoms with E-state index in [1.807, 2.05) is 39.0 Å². The zero-order chi connectivity index (χ0) is 18.3. The Labute approximate surface area is 152 Å². The lowest BCUT2D eigenvalue weighted by Gasteiger charge is -2.15. The number of carbonyl (C=O) groups is 1.